The number of nitrogens with zero attached hydrogens (tertiary/aromatic N) is 1. The molecule has 1 aromatic carbocycles. The van der Waals surface area contributed by atoms with Gasteiger partial charge in [0.15, 0.2) is 0 Å². The summed E-state index contributed by atoms with van der Waals surface area (Å²) in [5, 5.41) is 2.97. The van der Waals surface area contributed by atoms with Gasteiger partial charge in [0.2, 0.25) is 0 Å². The Bertz CT molecular complexity index is 547. The Balaban J connectivity index is 1.96. The molecular formula is C14H14F3N3. The molecular weight excluding hydrogens is 267 g/mol. The van der Waals surface area contributed by atoms with Gasteiger partial charge in [-0.05, 0) is 23.3 Å². The van der Waals surface area contributed by atoms with E-state index in [0.29, 0.717) is 18.9 Å². The van der Waals surface area contributed by atoms with Gasteiger partial charge in [0.05, 0.1) is 5.56 Å². The largest absolute Gasteiger partial charge is 0.417 e. The number of hydrogen-bond acceptors (Lipinski definition) is 3. The maximum atomic E-state index is 12.4. The van der Waals surface area contributed by atoms with Gasteiger partial charge in [-0.3, -0.25) is 0 Å². The molecule has 0 fully saturated rings. The summed E-state index contributed by atoms with van der Waals surface area (Å²) in [6, 6.07) is 9.98. The van der Waals surface area contributed by atoms with Crippen molar-refractivity contribution in [2.45, 2.75) is 19.3 Å². The van der Waals surface area contributed by atoms with Crippen molar-refractivity contribution in [2.75, 3.05) is 5.32 Å². The van der Waals surface area contributed by atoms with Crippen LogP contribution in [-0.4, -0.2) is 4.98 Å². The second kappa shape index (κ2) is 5.92. The first-order valence-electron chi connectivity index (χ1n) is 6.04. The number of hydrogen-bond donors (Lipinski definition) is 2. The van der Waals surface area contributed by atoms with Gasteiger partial charge in [-0.1, -0.05) is 24.3 Å². The van der Waals surface area contributed by atoms with Gasteiger partial charge in [0.25, 0.3) is 0 Å². The van der Waals surface area contributed by atoms with E-state index >= 15 is 0 Å². The highest BCUT2D eigenvalue weighted by Gasteiger charge is 2.30. The Kier molecular flexibility index (Phi) is 4.24. The zero-order chi connectivity index (χ0) is 14.6. The minimum absolute atomic E-state index is 0.404. The molecule has 3 N–H and O–H groups in total. The molecule has 0 amide bonds. The number of nitrogens with one attached hydrogen (secondary N) is 1. The van der Waals surface area contributed by atoms with Crippen LogP contribution in [0.4, 0.5) is 19.0 Å². The Morgan fingerprint density at radius 3 is 2.15 bits per heavy atom. The monoisotopic (exact) mass is 281 g/mol. The Morgan fingerprint density at radius 1 is 1.00 bits per heavy atom. The van der Waals surface area contributed by atoms with E-state index in [0.717, 1.165) is 23.4 Å². The van der Waals surface area contributed by atoms with Crippen LogP contribution >= 0.6 is 0 Å². The zero-order valence-corrected chi connectivity index (χ0v) is 10.6. The third kappa shape index (κ3) is 3.71. The van der Waals surface area contributed by atoms with Gasteiger partial charge >= 0.3 is 6.18 Å². The minimum Gasteiger partial charge on any atom is -0.366 e. The Labute approximate surface area is 114 Å². The number of alkyl halides is 3. The quantitative estimate of drug-likeness (QED) is 0.905. The first kappa shape index (κ1) is 14.3. The molecule has 6 heteroatoms. The molecule has 0 atom stereocenters. The summed E-state index contributed by atoms with van der Waals surface area (Å²) < 4.78 is 37.1. The van der Waals surface area contributed by atoms with Crippen molar-refractivity contribution in [2.24, 2.45) is 5.73 Å². The van der Waals surface area contributed by atoms with Gasteiger partial charge in [0, 0.05) is 19.3 Å². The molecule has 2 aromatic rings. The van der Waals surface area contributed by atoms with Crippen molar-refractivity contribution in [3.8, 4) is 0 Å². The number of halogens is 3. The van der Waals surface area contributed by atoms with E-state index in [1.807, 2.05) is 24.3 Å². The third-order valence-corrected chi connectivity index (χ3v) is 2.82. The van der Waals surface area contributed by atoms with E-state index in [2.05, 4.69) is 10.3 Å². The lowest BCUT2D eigenvalue weighted by molar-refractivity contribution is -0.137. The molecule has 0 aliphatic carbocycles. The minimum atomic E-state index is -4.36. The molecule has 0 aliphatic rings. The lowest BCUT2D eigenvalue weighted by Gasteiger charge is -2.09. The predicted molar refractivity (Wildman–Crippen MR) is 70.9 cm³/mol. The lowest BCUT2D eigenvalue weighted by Crippen LogP contribution is -2.07. The topological polar surface area (TPSA) is 50.9 Å². The van der Waals surface area contributed by atoms with Crippen LogP contribution in [0.5, 0.6) is 0 Å². The van der Waals surface area contributed by atoms with Crippen molar-refractivity contribution >= 4 is 5.82 Å². The number of benzene rings is 1. The smallest absolute Gasteiger partial charge is 0.366 e. The molecule has 106 valence electrons. The number of pyridine rings is 1. The molecule has 0 bridgehead atoms. The molecule has 0 aliphatic heterocycles. The van der Waals surface area contributed by atoms with E-state index < -0.39 is 11.7 Å². The highest BCUT2D eigenvalue weighted by molar-refractivity contribution is 5.37. The standard InChI is InChI=1S/C14H14F3N3/c15-14(16,17)12-5-6-13(20-9-12)19-8-11-3-1-10(7-18)2-4-11/h1-6,9H,7-8,18H2,(H,19,20). The summed E-state index contributed by atoms with van der Waals surface area (Å²) in [7, 11) is 0. The molecule has 0 spiro atoms. The van der Waals surface area contributed by atoms with Gasteiger partial charge < -0.3 is 11.1 Å². The van der Waals surface area contributed by atoms with Crippen LogP contribution in [0.2, 0.25) is 0 Å². The van der Waals surface area contributed by atoms with Crippen molar-refractivity contribution in [3.05, 3.63) is 59.3 Å². The number of nitrogens with two attached hydrogens (primary N) is 1. The molecule has 2 rings (SSSR count). The van der Waals surface area contributed by atoms with Crippen molar-refractivity contribution < 1.29 is 13.2 Å². The van der Waals surface area contributed by atoms with Crippen LogP contribution in [-0.2, 0) is 19.3 Å². The zero-order valence-electron chi connectivity index (χ0n) is 10.6. The Hall–Kier alpha value is -2.08. The Morgan fingerprint density at radius 2 is 1.65 bits per heavy atom. The molecule has 0 saturated heterocycles. The average molecular weight is 281 g/mol. The maximum Gasteiger partial charge on any atom is 0.417 e. The van der Waals surface area contributed by atoms with Gasteiger partial charge in [0.1, 0.15) is 5.82 Å². The fraction of sp³-hybridized carbons (Fsp3) is 0.214. The summed E-state index contributed by atoms with van der Waals surface area (Å²) in [5.41, 5.74) is 6.78. The molecule has 0 saturated carbocycles. The van der Waals surface area contributed by atoms with E-state index in [9.17, 15) is 13.2 Å². The molecule has 0 unspecified atom stereocenters. The lowest BCUT2D eigenvalue weighted by atomic mass is 10.1. The van der Waals surface area contributed by atoms with E-state index in [-0.39, 0.29) is 0 Å². The second-order valence-electron chi connectivity index (χ2n) is 4.30. The average Bonchev–Trinajstić information content (AvgIpc) is 2.45. The number of aromatic nitrogens is 1. The third-order valence-electron chi connectivity index (χ3n) is 2.82. The summed E-state index contributed by atoms with van der Waals surface area (Å²) in [6.45, 7) is 0.970. The van der Waals surface area contributed by atoms with Crippen LogP contribution in [0, 0.1) is 0 Å². The first-order chi connectivity index (χ1) is 9.49. The van der Waals surface area contributed by atoms with Crippen LogP contribution in [0.3, 0.4) is 0 Å². The highest BCUT2D eigenvalue weighted by atomic mass is 19.4. The van der Waals surface area contributed by atoms with Crippen LogP contribution in [0.15, 0.2) is 42.6 Å². The van der Waals surface area contributed by atoms with E-state index in [4.69, 9.17) is 5.73 Å². The summed E-state index contributed by atoms with van der Waals surface area (Å²) in [5.74, 6) is 0.404. The normalized spacial score (nSPS) is 11.4. The highest BCUT2D eigenvalue weighted by Crippen LogP contribution is 2.28. The van der Waals surface area contributed by atoms with Crippen molar-refractivity contribution in [1.29, 1.82) is 0 Å². The van der Waals surface area contributed by atoms with E-state index in [1.165, 1.54) is 6.07 Å². The second-order valence-corrected chi connectivity index (χ2v) is 4.30. The fourth-order valence-electron chi connectivity index (χ4n) is 1.65. The number of rotatable bonds is 4. The molecule has 1 aromatic heterocycles. The van der Waals surface area contributed by atoms with Crippen LogP contribution < -0.4 is 11.1 Å². The van der Waals surface area contributed by atoms with E-state index in [1.54, 1.807) is 0 Å². The number of anilines is 1. The molecule has 0 radical (unpaired) electrons. The predicted octanol–water partition coefficient (Wildman–Crippen LogP) is 3.17. The summed E-state index contributed by atoms with van der Waals surface area (Å²) in [6.07, 6.45) is -3.54. The SMILES string of the molecule is NCc1ccc(CNc2ccc(C(F)(F)F)cn2)cc1. The van der Waals surface area contributed by atoms with Gasteiger partial charge in [-0.25, -0.2) is 4.98 Å². The molecule has 20 heavy (non-hydrogen) atoms. The maximum absolute atomic E-state index is 12.4. The van der Waals surface area contributed by atoms with Gasteiger partial charge in [-0.2, -0.15) is 13.2 Å². The van der Waals surface area contributed by atoms with Gasteiger partial charge in [-0.15, -0.1) is 0 Å². The summed E-state index contributed by atoms with van der Waals surface area (Å²) >= 11 is 0. The fourth-order valence-corrected chi connectivity index (χ4v) is 1.65. The first-order valence-corrected chi connectivity index (χ1v) is 6.04. The van der Waals surface area contributed by atoms with Crippen molar-refractivity contribution in [1.82, 2.24) is 4.98 Å². The van der Waals surface area contributed by atoms with Crippen molar-refractivity contribution in [3.63, 3.8) is 0 Å². The molecule has 3 nitrogen and oxygen atoms in total. The van der Waals surface area contributed by atoms with Crippen LogP contribution in [0.1, 0.15) is 16.7 Å². The van der Waals surface area contributed by atoms with Crippen LogP contribution in [0.25, 0.3) is 0 Å². The summed E-state index contributed by atoms with van der Waals surface area (Å²) in [4.78, 5) is 3.74. The molecule has 1 heterocycles.